The average Bonchev–Trinajstić information content (AvgIpc) is 3.26. The number of aliphatic hydroxyl groups excluding tert-OH is 1. The van der Waals surface area contributed by atoms with Crippen LogP contribution in [-0.4, -0.2) is 76.7 Å². The van der Waals surface area contributed by atoms with Crippen LogP contribution in [-0.2, 0) is 36.1 Å². The minimum Gasteiger partial charge on any atom is -0.393 e. The maximum atomic E-state index is 10.4. The molecule has 0 saturated heterocycles. The lowest BCUT2D eigenvalue weighted by atomic mass is 9.86. The van der Waals surface area contributed by atoms with E-state index in [0.29, 0.717) is 41.0 Å². The van der Waals surface area contributed by atoms with E-state index in [2.05, 4.69) is 152 Å². The van der Waals surface area contributed by atoms with E-state index < -0.39 is 0 Å². The average molecular weight is 1040 g/mol. The number of thioether (sulfide) groups is 2. The van der Waals surface area contributed by atoms with Gasteiger partial charge in [0.1, 0.15) is 0 Å². The zero-order valence-corrected chi connectivity index (χ0v) is 53.8. The van der Waals surface area contributed by atoms with Gasteiger partial charge >= 0.3 is 0 Å². The predicted molar refractivity (Wildman–Crippen MR) is 323 cm³/mol. The fraction of sp³-hybridized carbons (Fsp3) is 0.790. The van der Waals surface area contributed by atoms with Gasteiger partial charge in [0.05, 0.1) is 48.6 Å². The lowest BCUT2D eigenvalue weighted by Crippen LogP contribution is -2.23. The van der Waals surface area contributed by atoms with E-state index >= 15 is 0 Å². The van der Waals surface area contributed by atoms with Gasteiger partial charge < -0.3 is 29.4 Å². The number of aryl methyl sites for hydroxylation is 1. The summed E-state index contributed by atoms with van der Waals surface area (Å²) < 4.78 is 21.0. The fourth-order valence-corrected chi connectivity index (χ4v) is 6.00. The van der Waals surface area contributed by atoms with E-state index in [9.17, 15) is 9.90 Å². The molecule has 1 atom stereocenters. The molecule has 1 fully saturated rings. The molecule has 1 saturated carbocycles. The summed E-state index contributed by atoms with van der Waals surface area (Å²) >= 11 is 3.72. The standard InChI is InChI=1S/C12H18S.C10H14O.C8H16O.C7H15NOS.C7H16O.2C5H12.2C4H10O/c1-10-5-7-11(8-6-10)9-13-12(2,3)4;1-9(2)11-8-10-6-4-3-5-7-10;1-7(9)8-5-3-2-4-6-8;1-6(9)8-5-10-7(2,3)4;1-6(2)8-7(3,4)5;2*1-4-5(2)3;2*1-4(2)5-3/h5-8H,9H2,1-4H3;3-7,9H,8H2,1-2H3;7-9H,2-6H2,1H3;5H2,1-4H3,(H,8,9);6H,1-5H3;2*5H,4H2,1-3H3;2*4H,1-3H3. The van der Waals surface area contributed by atoms with Crippen LogP contribution in [0, 0.1) is 24.7 Å². The first-order chi connectivity index (χ1) is 32.5. The molecular weight excluding hydrogens is 919 g/mol. The molecule has 0 spiro atoms. The molecule has 0 heterocycles. The highest BCUT2D eigenvalue weighted by molar-refractivity contribution is 8.00. The molecule has 1 aliphatic rings. The Hall–Kier alpha value is -1.59. The molecule has 0 bridgehead atoms. The summed E-state index contributed by atoms with van der Waals surface area (Å²) in [6, 6.07) is 19.0. The van der Waals surface area contributed by atoms with Crippen molar-refractivity contribution in [1.29, 1.82) is 0 Å². The van der Waals surface area contributed by atoms with Gasteiger partial charge in [-0.15, -0.1) is 11.8 Å². The number of nitrogens with one attached hydrogen (secondary N) is 1. The number of rotatable bonds is 13. The van der Waals surface area contributed by atoms with Gasteiger partial charge in [0.2, 0.25) is 5.91 Å². The van der Waals surface area contributed by atoms with Crippen LogP contribution in [0.15, 0.2) is 54.6 Å². The second kappa shape index (κ2) is 50.6. The Balaban J connectivity index is -0.000000171. The van der Waals surface area contributed by atoms with Crippen molar-refractivity contribution in [1.82, 2.24) is 5.32 Å². The third kappa shape index (κ3) is 85.5. The van der Waals surface area contributed by atoms with Gasteiger partial charge in [-0.25, -0.2) is 0 Å². The van der Waals surface area contributed by atoms with Crippen LogP contribution < -0.4 is 5.32 Å². The van der Waals surface area contributed by atoms with Crippen molar-refractivity contribution < 1.29 is 28.8 Å². The van der Waals surface area contributed by atoms with E-state index in [0.717, 1.165) is 24.2 Å². The summed E-state index contributed by atoms with van der Waals surface area (Å²) in [5, 5.41) is 11.9. The molecule has 1 unspecified atom stereocenters. The van der Waals surface area contributed by atoms with Crippen LogP contribution >= 0.6 is 23.5 Å². The van der Waals surface area contributed by atoms with E-state index in [1.165, 1.54) is 68.6 Å². The van der Waals surface area contributed by atoms with Crippen LogP contribution in [0.4, 0.5) is 0 Å². The van der Waals surface area contributed by atoms with Gasteiger partial charge in [0.25, 0.3) is 0 Å². The smallest absolute Gasteiger partial charge is 0.217 e. The Morgan fingerprint density at radius 2 is 1.01 bits per heavy atom. The molecule has 2 N–H and O–H groups in total. The van der Waals surface area contributed by atoms with Crippen molar-refractivity contribution in [2.24, 2.45) is 17.8 Å². The highest BCUT2D eigenvalue weighted by Crippen LogP contribution is 2.27. The normalized spacial score (nSPS) is 12.8. The van der Waals surface area contributed by atoms with Gasteiger partial charge in [-0.2, -0.15) is 11.8 Å². The van der Waals surface area contributed by atoms with Gasteiger partial charge in [-0.1, -0.05) is 175 Å². The van der Waals surface area contributed by atoms with E-state index in [1.54, 1.807) is 26.0 Å². The molecule has 424 valence electrons. The third-order valence-corrected chi connectivity index (χ3v) is 12.0. The quantitative estimate of drug-likeness (QED) is 0.192. The first kappa shape index (κ1) is 80.8. The minimum absolute atomic E-state index is 0.0220. The number of hydrogen-bond donors (Lipinski definition) is 2. The number of carbonyl (C=O) groups excluding carboxylic acids is 1. The lowest BCUT2D eigenvalue weighted by Gasteiger charge is -2.23. The summed E-state index contributed by atoms with van der Waals surface area (Å²) in [5.74, 6) is 4.24. The van der Waals surface area contributed by atoms with Gasteiger partial charge in [-0.05, 0) is 132 Å². The van der Waals surface area contributed by atoms with Crippen LogP contribution in [0.1, 0.15) is 235 Å². The van der Waals surface area contributed by atoms with Crippen molar-refractivity contribution in [3.8, 4) is 0 Å². The third-order valence-electron chi connectivity index (χ3n) is 9.54. The summed E-state index contributed by atoms with van der Waals surface area (Å²) in [4.78, 5) is 10.4. The predicted octanol–water partition coefficient (Wildman–Crippen LogP) is 18.6. The Morgan fingerprint density at radius 3 is 1.27 bits per heavy atom. The zero-order chi connectivity index (χ0) is 56.8. The molecule has 1 aliphatic carbocycles. The summed E-state index contributed by atoms with van der Waals surface area (Å²) in [7, 11) is 3.40. The fourth-order valence-electron chi connectivity index (χ4n) is 4.50. The van der Waals surface area contributed by atoms with Crippen LogP contribution in [0.5, 0.6) is 0 Å². The van der Waals surface area contributed by atoms with Crippen molar-refractivity contribution in [2.45, 2.75) is 283 Å². The van der Waals surface area contributed by atoms with Crippen molar-refractivity contribution >= 4 is 29.4 Å². The molecule has 0 radical (unpaired) electrons. The zero-order valence-electron chi connectivity index (χ0n) is 52.2. The van der Waals surface area contributed by atoms with Crippen LogP contribution in [0.25, 0.3) is 0 Å². The second-order valence-corrected chi connectivity index (χ2v) is 26.6. The first-order valence-corrected chi connectivity index (χ1v) is 29.1. The summed E-state index contributed by atoms with van der Waals surface area (Å²) in [5.41, 5.74) is 4.02. The maximum Gasteiger partial charge on any atom is 0.217 e. The Bertz CT molecular complexity index is 1320. The number of amides is 1. The van der Waals surface area contributed by atoms with E-state index in [-0.39, 0.29) is 22.4 Å². The maximum absolute atomic E-state index is 10.4. The number of aliphatic hydroxyl groups is 1. The molecule has 2 aromatic carbocycles. The van der Waals surface area contributed by atoms with Crippen molar-refractivity contribution in [3.63, 3.8) is 0 Å². The summed E-state index contributed by atoms with van der Waals surface area (Å²) in [6.07, 6.45) is 10.5. The van der Waals surface area contributed by atoms with Crippen molar-refractivity contribution in [2.75, 3.05) is 20.1 Å². The largest absolute Gasteiger partial charge is 0.393 e. The number of methoxy groups -OCH3 is 2. The molecule has 3 rings (SSSR count). The molecule has 9 heteroatoms. The van der Waals surface area contributed by atoms with Gasteiger partial charge in [0, 0.05) is 36.4 Å². The molecular formula is C62H123NO6S2. The molecule has 7 nitrogen and oxygen atoms in total. The van der Waals surface area contributed by atoms with E-state index in [1.807, 2.05) is 92.3 Å². The van der Waals surface area contributed by atoms with Crippen LogP contribution in [0.2, 0.25) is 0 Å². The molecule has 0 aromatic heterocycles. The number of hydrogen-bond acceptors (Lipinski definition) is 8. The van der Waals surface area contributed by atoms with Crippen molar-refractivity contribution in [3.05, 3.63) is 71.3 Å². The van der Waals surface area contributed by atoms with Gasteiger partial charge in [0.15, 0.2) is 0 Å². The first-order valence-electron chi connectivity index (χ1n) is 27.1. The van der Waals surface area contributed by atoms with Crippen LogP contribution in [0.3, 0.4) is 0 Å². The Labute approximate surface area is 453 Å². The Kier molecular flexibility index (Phi) is 57.5. The second-order valence-electron chi connectivity index (χ2n) is 23.0. The molecule has 0 aliphatic heterocycles. The lowest BCUT2D eigenvalue weighted by molar-refractivity contribution is -0.118. The summed E-state index contributed by atoms with van der Waals surface area (Å²) in [6.45, 7) is 55.1. The minimum atomic E-state index is -0.0645. The highest BCUT2D eigenvalue weighted by atomic mass is 32.2. The SMILES string of the molecule is CC(=O)NCSC(C)(C)C.CC(C)OC(C)(C)C.CC(C)OCc1ccccc1.CC(O)C1CCCCC1.CCC(C)C.CCC(C)C.COC(C)C.COC(C)C.Cc1ccc(CSC(C)(C)C)cc1. The highest BCUT2D eigenvalue weighted by Gasteiger charge is 2.17. The number of benzene rings is 2. The Morgan fingerprint density at radius 1 is 0.620 bits per heavy atom. The topological polar surface area (TPSA) is 86.3 Å². The molecule has 2 aromatic rings. The number of carbonyl (C=O) groups is 1. The molecule has 71 heavy (non-hydrogen) atoms. The number of ether oxygens (including phenoxy) is 4. The van der Waals surface area contributed by atoms with Gasteiger partial charge in [-0.3, -0.25) is 4.79 Å². The monoisotopic (exact) mass is 1040 g/mol. The van der Waals surface area contributed by atoms with E-state index in [4.69, 9.17) is 18.9 Å². The molecule has 1 amide bonds.